The number of benzene rings is 6. The van der Waals surface area contributed by atoms with E-state index < -0.39 is 10.1 Å². The quantitative estimate of drug-likeness (QED) is 0.203. The molecular formula is C34H26O4S. The van der Waals surface area contributed by atoms with Crippen LogP contribution in [0, 0.1) is 0 Å². The van der Waals surface area contributed by atoms with E-state index in [2.05, 4.69) is 42.5 Å². The first kappa shape index (κ1) is 24.9. The number of ether oxygens (including phenoxy) is 1. The maximum Gasteiger partial charge on any atom is 0.297 e. The molecule has 6 rings (SSSR count). The van der Waals surface area contributed by atoms with Gasteiger partial charge in [0.25, 0.3) is 10.1 Å². The Morgan fingerprint density at radius 1 is 0.513 bits per heavy atom. The summed E-state index contributed by atoms with van der Waals surface area (Å²) in [5.41, 5.74) is 5.60. The van der Waals surface area contributed by atoms with Gasteiger partial charge < -0.3 is 4.74 Å². The maximum absolute atomic E-state index is 13.2. The first-order chi connectivity index (χ1) is 19.0. The van der Waals surface area contributed by atoms with E-state index in [1.54, 1.807) is 13.2 Å². The fourth-order valence-electron chi connectivity index (χ4n) is 5.22. The molecule has 0 aliphatic heterocycles. The van der Waals surface area contributed by atoms with Crippen LogP contribution in [0.25, 0.3) is 54.9 Å². The fraction of sp³-hybridized carbons (Fsp3) is 0.0588. The molecular weight excluding hydrogens is 504 g/mol. The smallest absolute Gasteiger partial charge is 0.297 e. The lowest BCUT2D eigenvalue weighted by Crippen LogP contribution is -2.06. The average Bonchev–Trinajstić information content (AvgIpc) is 3.00. The molecule has 0 atom stereocenters. The zero-order chi connectivity index (χ0) is 27.0. The third-order valence-electron chi connectivity index (χ3n) is 7.14. The third kappa shape index (κ3) is 4.46. The minimum atomic E-state index is -4.03. The molecule has 0 amide bonds. The van der Waals surface area contributed by atoms with Crippen molar-refractivity contribution in [3.8, 4) is 39.1 Å². The van der Waals surface area contributed by atoms with Crippen molar-refractivity contribution >= 4 is 31.7 Å². The molecule has 0 aliphatic rings. The molecule has 39 heavy (non-hydrogen) atoms. The summed E-state index contributed by atoms with van der Waals surface area (Å²) in [5, 5.41) is 3.58. The predicted molar refractivity (Wildman–Crippen MR) is 159 cm³/mol. The van der Waals surface area contributed by atoms with Gasteiger partial charge in [0.15, 0.2) is 0 Å². The Kier molecular flexibility index (Phi) is 6.39. The zero-order valence-electron chi connectivity index (χ0n) is 21.6. The average molecular weight is 531 g/mol. The van der Waals surface area contributed by atoms with Crippen LogP contribution >= 0.6 is 0 Å². The molecule has 0 fully saturated rings. The molecule has 0 bridgehead atoms. The molecule has 6 aromatic carbocycles. The van der Waals surface area contributed by atoms with Crippen LogP contribution in [0.1, 0.15) is 0 Å². The van der Waals surface area contributed by atoms with Crippen molar-refractivity contribution in [3.63, 3.8) is 0 Å². The van der Waals surface area contributed by atoms with Crippen LogP contribution in [0.15, 0.2) is 126 Å². The van der Waals surface area contributed by atoms with Gasteiger partial charge >= 0.3 is 0 Å². The van der Waals surface area contributed by atoms with Crippen molar-refractivity contribution in [1.29, 1.82) is 0 Å². The molecule has 6 aromatic rings. The molecule has 192 valence electrons. The molecule has 0 saturated carbocycles. The highest BCUT2D eigenvalue weighted by Gasteiger charge is 2.25. The van der Waals surface area contributed by atoms with Crippen LogP contribution < -0.4 is 4.74 Å². The van der Waals surface area contributed by atoms with Crippen molar-refractivity contribution in [2.75, 3.05) is 14.2 Å². The van der Waals surface area contributed by atoms with Crippen LogP contribution in [0.2, 0.25) is 0 Å². The van der Waals surface area contributed by atoms with E-state index in [1.165, 1.54) is 7.11 Å². The van der Waals surface area contributed by atoms with Crippen molar-refractivity contribution in [2.45, 2.75) is 4.90 Å². The summed E-state index contributed by atoms with van der Waals surface area (Å²) in [4.78, 5) is 0.0999. The Labute approximate surface area is 228 Å². The van der Waals surface area contributed by atoms with E-state index in [9.17, 15) is 8.42 Å². The molecule has 0 aromatic heterocycles. The fourth-order valence-corrected chi connectivity index (χ4v) is 6.10. The highest BCUT2D eigenvalue weighted by Crippen LogP contribution is 2.45. The Morgan fingerprint density at radius 2 is 1.03 bits per heavy atom. The van der Waals surface area contributed by atoms with Gasteiger partial charge in [0.05, 0.1) is 14.2 Å². The van der Waals surface area contributed by atoms with E-state index in [1.807, 2.05) is 72.8 Å². The van der Waals surface area contributed by atoms with E-state index in [-0.39, 0.29) is 4.90 Å². The normalized spacial score (nSPS) is 11.6. The van der Waals surface area contributed by atoms with Gasteiger partial charge in [-0.3, -0.25) is 4.18 Å². The van der Waals surface area contributed by atoms with Crippen LogP contribution in [0.4, 0.5) is 0 Å². The molecule has 0 heterocycles. The van der Waals surface area contributed by atoms with Gasteiger partial charge in [0, 0.05) is 11.1 Å². The van der Waals surface area contributed by atoms with Gasteiger partial charge in [-0.05, 0) is 68.1 Å². The molecule has 4 nitrogen and oxygen atoms in total. The monoisotopic (exact) mass is 530 g/mol. The first-order valence-corrected chi connectivity index (χ1v) is 14.0. The summed E-state index contributed by atoms with van der Waals surface area (Å²) in [6.07, 6.45) is 0. The number of hydrogen-bond donors (Lipinski definition) is 0. The second kappa shape index (κ2) is 10.0. The lowest BCUT2D eigenvalue weighted by Gasteiger charge is -2.19. The van der Waals surface area contributed by atoms with Crippen LogP contribution in [-0.2, 0) is 14.3 Å². The molecule has 0 saturated heterocycles. The highest BCUT2D eigenvalue weighted by atomic mass is 32.2. The summed E-state index contributed by atoms with van der Waals surface area (Å²) in [7, 11) is -1.24. The van der Waals surface area contributed by atoms with E-state index in [0.29, 0.717) is 16.9 Å². The lowest BCUT2D eigenvalue weighted by molar-refractivity contribution is 0.398. The van der Waals surface area contributed by atoms with Crippen molar-refractivity contribution in [2.24, 2.45) is 0 Å². The maximum atomic E-state index is 13.2. The SMILES string of the molecule is COc1ccc2cc(-c3ccccc3)ccc2c1-c1c(S(=O)(=O)OC)ccc2cc(-c3ccccc3)ccc12. The van der Waals surface area contributed by atoms with Gasteiger partial charge in [-0.25, -0.2) is 0 Å². The Hall–Kier alpha value is -4.45. The summed E-state index contributed by atoms with van der Waals surface area (Å²) in [6, 6.07) is 40.0. The third-order valence-corrected chi connectivity index (χ3v) is 8.45. The second-order valence-corrected chi connectivity index (χ2v) is 11.0. The van der Waals surface area contributed by atoms with Gasteiger partial charge in [0.2, 0.25) is 0 Å². The van der Waals surface area contributed by atoms with Crippen LogP contribution in [0.3, 0.4) is 0 Å². The molecule has 0 aliphatic carbocycles. The molecule has 0 unspecified atom stereocenters. The number of fused-ring (bicyclic) bond motifs is 2. The Balaban J connectivity index is 1.67. The Morgan fingerprint density at radius 3 is 1.54 bits per heavy atom. The predicted octanol–water partition coefficient (Wildman–Crippen LogP) is 8.34. The second-order valence-electron chi connectivity index (χ2n) is 9.31. The van der Waals surface area contributed by atoms with E-state index in [0.717, 1.165) is 43.8 Å². The summed E-state index contributed by atoms with van der Waals surface area (Å²) in [6.45, 7) is 0. The Bertz CT molecular complexity index is 1930. The molecule has 5 heteroatoms. The topological polar surface area (TPSA) is 52.6 Å². The minimum absolute atomic E-state index is 0.0999. The van der Waals surface area contributed by atoms with Gasteiger partial charge in [-0.15, -0.1) is 0 Å². The number of rotatable bonds is 6. The van der Waals surface area contributed by atoms with Crippen molar-refractivity contribution < 1.29 is 17.3 Å². The van der Waals surface area contributed by atoms with Crippen molar-refractivity contribution in [1.82, 2.24) is 0 Å². The summed E-state index contributed by atoms with van der Waals surface area (Å²) >= 11 is 0. The standard InChI is InChI=1S/C34H26O4S/c1-37-31-19-15-27-21-25(23-9-5-3-6-10-23)13-17-29(27)33(31)34-30-18-14-26(24-11-7-4-8-12-24)22-28(30)16-20-32(34)39(35,36)38-2/h3-22H,1-2H3. The minimum Gasteiger partial charge on any atom is -0.496 e. The largest absolute Gasteiger partial charge is 0.496 e. The molecule has 0 spiro atoms. The van der Waals surface area contributed by atoms with Crippen molar-refractivity contribution in [3.05, 3.63) is 121 Å². The summed E-state index contributed by atoms with van der Waals surface area (Å²) < 4.78 is 37.3. The van der Waals surface area contributed by atoms with Gasteiger partial charge in [-0.1, -0.05) is 97.1 Å². The highest BCUT2D eigenvalue weighted by molar-refractivity contribution is 7.87. The van der Waals surface area contributed by atoms with Crippen LogP contribution in [0.5, 0.6) is 5.75 Å². The van der Waals surface area contributed by atoms with E-state index in [4.69, 9.17) is 8.92 Å². The molecule has 0 N–H and O–H groups in total. The number of methoxy groups -OCH3 is 1. The first-order valence-electron chi connectivity index (χ1n) is 12.6. The zero-order valence-corrected chi connectivity index (χ0v) is 22.4. The molecule has 0 radical (unpaired) electrons. The lowest BCUT2D eigenvalue weighted by atomic mass is 9.90. The summed E-state index contributed by atoms with van der Waals surface area (Å²) in [5.74, 6) is 0.585. The van der Waals surface area contributed by atoms with Gasteiger partial charge in [0.1, 0.15) is 10.6 Å². The van der Waals surface area contributed by atoms with E-state index >= 15 is 0 Å². The van der Waals surface area contributed by atoms with Gasteiger partial charge in [-0.2, -0.15) is 8.42 Å². The number of hydrogen-bond acceptors (Lipinski definition) is 4. The van der Waals surface area contributed by atoms with Crippen LogP contribution in [-0.4, -0.2) is 22.6 Å².